The maximum absolute atomic E-state index is 10.8. The molecule has 26 heavy (non-hydrogen) atoms. The molecule has 0 spiro atoms. The topological polar surface area (TPSA) is 101 Å². The van der Waals surface area contributed by atoms with Gasteiger partial charge in [-0.1, -0.05) is 0 Å². The van der Waals surface area contributed by atoms with Crippen LogP contribution in [-0.4, -0.2) is 69.4 Å². The molecule has 0 aliphatic heterocycles. The lowest BCUT2D eigenvalue weighted by molar-refractivity contribution is -0.258. The zero-order valence-electron chi connectivity index (χ0n) is 16.3. The third-order valence-electron chi connectivity index (χ3n) is 4.11. The van der Waals surface area contributed by atoms with Crippen molar-refractivity contribution >= 4 is 10.1 Å². The molecule has 1 aliphatic carbocycles. The van der Waals surface area contributed by atoms with Crippen molar-refractivity contribution < 1.29 is 36.7 Å². The van der Waals surface area contributed by atoms with E-state index in [0.29, 0.717) is 13.2 Å². The Morgan fingerprint density at radius 1 is 1.00 bits per heavy atom. The molecule has 9 heteroatoms. The van der Waals surface area contributed by atoms with Gasteiger partial charge in [-0.3, -0.25) is 4.55 Å². The van der Waals surface area contributed by atoms with Gasteiger partial charge in [0.1, 0.15) is 6.10 Å². The normalized spacial score (nSPS) is 26.6. The summed E-state index contributed by atoms with van der Waals surface area (Å²) in [5.74, 6) is -0.318. The third kappa shape index (κ3) is 9.59. The van der Waals surface area contributed by atoms with Crippen LogP contribution in [0.2, 0.25) is 0 Å². The first-order valence-electron chi connectivity index (χ1n) is 9.37. The van der Waals surface area contributed by atoms with Crippen molar-refractivity contribution in [3.63, 3.8) is 0 Å². The highest BCUT2D eigenvalue weighted by atomic mass is 32.2. The van der Waals surface area contributed by atoms with E-state index in [1.54, 1.807) is 0 Å². The highest BCUT2D eigenvalue weighted by Gasteiger charge is 2.38. The van der Waals surface area contributed by atoms with Crippen LogP contribution in [0, 0.1) is 0 Å². The summed E-state index contributed by atoms with van der Waals surface area (Å²) in [6.07, 6.45) is 1.24. The van der Waals surface area contributed by atoms with Crippen molar-refractivity contribution in [1.82, 2.24) is 0 Å². The molecule has 0 saturated heterocycles. The van der Waals surface area contributed by atoms with Gasteiger partial charge in [-0.05, 0) is 53.4 Å². The average molecular weight is 399 g/mol. The Morgan fingerprint density at radius 2 is 1.58 bits per heavy atom. The van der Waals surface area contributed by atoms with Crippen molar-refractivity contribution in [2.45, 2.75) is 84.3 Å². The van der Waals surface area contributed by atoms with E-state index in [1.807, 2.05) is 27.7 Å². The van der Waals surface area contributed by atoms with E-state index >= 15 is 0 Å². The molecule has 8 nitrogen and oxygen atoms in total. The first-order valence-corrected chi connectivity index (χ1v) is 11.0. The Bertz CT molecular complexity index is 469. The molecule has 0 aromatic carbocycles. The largest absolute Gasteiger partial charge is 0.375 e. The molecule has 0 aromatic rings. The van der Waals surface area contributed by atoms with Gasteiger partial charge in [0.2, 0.25) is 0 Å². The monoisotopic (exact) mass is 398 g/mol. The number of rotatable bonds is 13. The van der Waals surface area contributed by atoms with Crippen LogP contribution in [0.3, 0.4) is 0 Å². The number of hydrogen-bond donors (Lipinski definition) is 1. The third-order valence-corrected chi connectivity index (χ3v) is 4.91. The predicted octanol–water partition coefficient (Wildman–Crippen LogP) is 2.37. The smallest absolute Gasteiger partial charge is 0.264 e. The van der Waals surface area contributed by atoms with E-state index in [2.05, 4.69) is 0 Å². The molecule has 0 aromatic heterocycles. The van der Waals surface area contributed by atoms with Gasteiger partial charge in [0.15, 0.2) is 12.6 Å². The van der Waals surface area contributed by atoms with Crippen molar-refractivity contribution in [2.24, 2.45) is 0 Å². The molecule has 156 valence electrons. The minimum absolute atomic E-state index is 0.195. The van der Waals surface area contributed by atoms with Gasteiger partial charge < -0.3 is 23.7 Å². The average Bonchev–Trinajstić information content (AvgIpc) is 2.53. The summed E-state index contributed by atoms with van der Waals surface area (Å²) in [5, 5.41) is 0. The quantitative estimate of drug-likeness (QED) is 0.287. The van der Waals surface area contributed by atoms with E-state index in [1.165, 1.54) is 0 Å². The lowest BCUT2D eigenvalue weighted by Crippen LogP contribution is -2.49. The molecular weight excluding hydrogens is 364 g/mol. The fourth-order valence-corrected chi connectivity index (χ4v) is 3.56. The zero-order valence-corrected chi connectivity index (χ0v) is 17.1. The van der Waals surface area contributed by atoms with Crippen LogP contribution < -0.4 is 0 Å². The summed E-state index contributed by atoms with van der Waals surface area (Å²) in [4.78, 5) is 0. The molecule has 0 amide bonds. The minimum Gasteiger partial charge on any atom is -0.375 e. The highest BCUT2D eigenvalue weighted by Crippen LogP contribution is 2.29. The summed E-state index contributed by atoms with van der Waals surface area (Å²) in [6, 6.07) is 0. The second-order valence-electron chi connectivity index (χ2n) is 6.30. The Kier molecular flexibility index (Phi) is 11.2. The van der Waals surface area contributed by atoms with Crippen LogP contribution in [0.15, 0.2) is 0 Å². The maximum atomic E-state index is 10.8. The predicted molar refractivity (Wildman–Crippen MR) is 96.5 cm³/mol. The molecule has 1 rings (SSSR count). The fourth-order valence-electron chi connectivity index (χ4n) is 3.08. The molecule has 1 saturated carbocycles. The maximum Gasteiger partial charge on any atom is 0.264 e. The molecule has 1 fully saturated rings. The van der Waals surface area contributed by atoms with Crippen molar-refractivity contribution in [2.75, 3.05) is 25.6 Å². The van der Waals surface area contributed by atoms with Crippen molar-refractivity contribution in [3.8, 4) is 0 Å². The second-order valence-corrected chi connectivity index (χ2v) is 7.87. The fraction of sp³-hybridized carbons (Fsp3) is 1.00. The van der Waals surface area contributed by atoms with Gasteiger partial charge in [0.05, 0.1) is 18.0 Å². The molecule has 0 radical (unpaired) electrons. The Morgan fingerprint density at radius 3 is 2.15 bits per heavy atom. The van der Waals surface area contributed by atoms with E-state index in [0.717, 1.165) is 19.3 Å². The molecule has 1 N–H and O–H groups in total. The van der Waals surface area contributed by atoms with Crippen molar-refractivity contribution in [3.05, 3.63) is 0 Å². The first kappa shape index (κ1) is 23.7. The van der Waals surface area contributed by atoms with Crippen LogP contribution in [0.5, 0.6) is 0 Å². The lowest BCUT2D eigenvalue weighted by Gasteiger charge is -2.39. The van der Waals surface area contributed by atoms with Crippen LogP contribution in [-0.2, 0) is 33.8 Å². The van der Waals surface area contributed by atoms with E-state index in [-0.39, 0.29) is 43.4 Å². The lowest BCUT2D eigenvalue weighted by atomic mass is 9.91. The molecule has 1 aliphatic rings. The summed E-state index contributed by atoms with van der Waals surface area (Å²) >= 11 is 0. The van der Waals surface area contributed by atoms with Crippen LogP contribution in [0.25, 0.3) is 0 Å². The first-order chi connectivity index (χ1) is 12.3. The summed E-state index contributed by atoms with van der Waals surface area (Å²) < 4.78 is 59.3. The SMILES string of the molecule is CCOC(C)OC1CCCC(OCCCS(=O)(=O)O)C1OC(C)OCC. The van der Waals surface area contributed by atoms with Gasteiger partial charge in [0, 0.05) is 19.8 Å². The van der Waals surface area contributed by atoms with Gasteiger partial charge in [0.25, 0.3) is 10.1 Å². The standard InChI is InChI=1S/C17H34O8S/c1-5-21-13(3)24-16-10-7-9-15(17(16)25-14(4)22-6-2)23-11-8-12-26(18,19)20/h13-17H,5-12H2,1-4H3,(H,18,19,20). The minimum atomic E-state index is -3.97. The highest BCUT2D eigenvalue weighted by molar-refractivity contribution is 7.85. The molecule has 0 heterocycles. The van der Waals surface area contributed by atoms with Crippen LogP contribution in [0.1, 0.15) is 53.4 Å². The van der Waals surface area contributed by atoms with Crippen molar-refractivity contribution in [1.29, 1.82) is 0 Å². The van der Waals surface area contributed by atoms with E-state index < -0.39 is 16.4 Å². The molecule has 5 unspecified atom stereocenters. The Balaban J connectivity index is 2.67. The number of hydrogen-bond acceptors (Lipinski definition) is 7. The van der Waals surface area contributed by atoms with E-state index in [9.17, 15) is 8.42 Å². The Labute approximate surface area is 157 Å². The molecule has 5 atom stereocenters. The van der Waals surface area contributed by atoms with Gasteiger partial charge >= 0.3 is 0 Å². The van der Waals surface area contributed by atoms with Gasteiger partial charge in [-0.25, -0.2) is 0 Å². The second kappa shape index (κ2) is 12.2. The summed E-state index contributed by atoms with van der Waals surface area (Å²) in [7, 11) is -3.97. The summed E-state index contributed by atoms with van der Waals surface area (Å²) in [5.41, 5.74) is 0. The Hall–Kier alpha value is -0.290. The zero-order chi connectivity index (χ0) is 19.6. The van der Waals surface area contributed by atoms with Crippen LogP contribution >= 0.6 is 0 Å². The number of ether oxygens (including phenoxy) is 5. The molecular formula is C17H34O8S. The van der Waals surface area contributed by atoms with Gasteiger partial charge in [-0.15, -0.1) is 0 Å². The molecule has 0 bridgehead atoms. The van der Waals surface area contributed by atoms with Crippen LogP contribution in [0.4, 0.5) is 0 Å². The summed E-state index contributed by atoms with van der Waals surface area (Å²) in [6.45, 7) is 8.81. The van der Waals surface area contributed by atoms with Gasteiger partial charge in [-0.2, -0.15) is 8.42 Å². The van der Waals surface area contributed by atoms with E-state index in [4.69, 9.17) is 28.2 Å².